The van der Waals surface area contributed by atoms with Crippen molar-refractivity contribution in [2.24, 2.45) is 0 Å². The number of hydrogen-bond acceptors (Lipinski definition) is 5. The van der Waals surface area contributed by atoms with Crippen LogP contribution in [0, 0.1) is 6.92 Å². The minimum atomic E-state index is 0.568. The molecule has 18 heavy (non-hydrogen) atoms. The second kappa shape index (κ2) is 5.05. The van der Waals surface area contributed by atoms with Gasteiger partial charge in [-0.05, 0) is 32.1 Å². The zero-order chi connectivity index (χ0) is 12.5. The fourth-order valence-corrected chi connectivity index (χ4v) is 4.28. The SMILES string of the molecule is Cc1cc2c(N3CCSCCC3C)ncnc2s1. The van der Waals surface area contributed by atoms with Crippen LogP contribution < -0.4 is 4.90 Å². The van der Waals surface area contributed by atoms with Gasteiger partial charge in [0.2, 0.25) is 0 Å². The average molecular weight is 279 g/mol. The van der Waals surface area contributed by atoms with Crippen LogP contribution in [0.1, 0.15) is 18.2 Å². The molecule has 0 radical (unpaired) electrons. The number of fused-ring (bicyclic) bond motifs is 1. The van der Waals surface area contributed by atoms with Crippen LogP contribution in [0.3, 0.4) is 0 Å². The van der Waals surface area contributed by atoms with Crippen LogP contribution in [0.2, 0.25) is 0 Å². The number of thioether (sulfide) groups is 1. The standard InChI is InChI=1S/C13H17N3S2/c1-9-3-5-17-6-4-16(9)12-11-7-10(2)18-13(11)15-8-14-12/h7-9H,3-6H2,1-2H3. The second-order valence-electron chi connectivity index (χ2n) is 4.72. The maximum absolute atomic E-state index is 4.55. The van der Waals surface area contributed by atoms with Crippen molar-refractivity contribution < 1.29 is 0 Å². The predicted octanol–water partition coefficient (Wildman–Crippen LogP) is 3.33. The minimum absolute atomic E-state index is 0.568. The van der Waals surface area contributed by atoms with Crippen LogP contribution >= 0.6 is 23.1 Å². The molecule has 1 aliphatic heterocycles. The smallest absolute Gasteiger partial charge is 0.141 e. The van der Waals surface area contributed by atoms with Crippen LogP contribution in [-0.2, 0) is 0 Å². The summed E-state index contributed by atoms with van der Waals surface area (Å²) in [5.74, 6) is 3.58. The number of nitrogens with zero attached hydrogens (tertiary/aromatic N) is 3. The van der Waals surface area contributed by atoms with Gasteiger partial charge in [0.1, 0.15) is 17.0 Å². The van der Waals surface area contributed by atoms with Gasteiger partial charge in [-0.3, -0.25) is 0 Å². The van der Waals surface area contributed by atoms with E-state index in [0.717, 1.165) is 17.2 Å². The lowest BCUT2D eigenvalue weighted by atomic mass is 10.2. The molecule has 3 rings (SSSR count). The zero-order valence-corrected chi connectivity index (χ0v) is 12.4. The molecule has 5 heteroatoms. The Bertz CT molecular complexity index is 552. The van der Waals surface area contributed by atoms with Crippen LogP contribution in [0.4, 0.5) is 5.82 Å². The summed E-state index contributed by atoms with van der Waals surface area (Å²) in [5, 5.41) is 1.22. The largest absolute Gasteiger partial charge is 0.352 e. The zero-order valence-electron chi connectivity index (χ0n) is 10.7. The third-order valence-electron chi connectivity index (χ3n) is 3.39. The second-order valence-corrected chi connectivity index (χ2v) is 7.18. The van der Waals surface area contributed by atoms with E-state index in [0.29, 0.717) is 6.04 Å². The van der Waals surface area contributed by atoms with E-state index in [-0.39, 0.29) is 0 Å². The summed E-state index contributed by atoms with van der Waals surface area (Å²) in [4.78, 5) is 13.8. The molecule has 0 amide bonds. The van der Waals surface area contributed by atoms with E-state index in [2.05, 4.69) is 34.8 Å². The molecule has 0 N–H and O–H groups in total. The highest BCUT2D eigenvalue weighted by atomic mass is 32.2. The van der Waals surface area contributed by atoms with Gasteiger partial charge in [-0.2, -0.15) is 11.8 Å². The van der Waals surface area contributed by atoms with Gasteiger partial charge in [-0.1, -0.05) is 0 Å². The summed E-state index contributed by atoms with van der Waals surface area (Å²) in [6, 6.07) is 2.79. The van der Waals surface area contributed by atoms with Gasteiger partial charge in [0.15, 0.2) is 0 Å². The number of aryl methyl sites for hydroxylation is 1. The first-order valence-corrected chi connectivity index (χ1v) is 8.28. The maximum atomic E-state index is 4.55. The van der Waals surface area contributed by atoms with Crippen LogP contribution in [-0.4, -0.2) is 34.1 Å². The molecule has 1 fully saturated rings. The Balaban J connectivity index is 2.06. The highest BCUT2D eigenvalue weighted by molar-refractivity contribution is 7.99. The van der Waals surface area contributed by atoms with Crippen molar-refractivity contribution in [3.63, 3.8) is 0 Å². The maximum Gasteiger partial charge on any atom is 0.141 e. The van der Waals surface area contributed by atoms with Gasteiger partial charge < -0.3 is 4.90 Å². The van der Waals surface area contributed by atoms with Gasteiger partial charge in [-0.15, -0.1) is 11.3 Å². The first-order chi connectivity index (χ1) is 8.75. The van der Waals surface area contributed by atoms with E-state index in [1.165, 1.54) is 28.2 Å². The number of aromatic nitrogens is 2. The number of anilines is 1. The molecule has 1 saturated heterocycles. The summed E-state index contributed by atoms with van der Waals surface area (Å²) >= 11 is 3.80. The summed E-state index contributed by atoms with van der Waals surface area (Å²) in [6.45, 7) is 5.53. The molecule has 2 aromatic rings. The average Bonchev–Trinajstić information content (AvgIpc) is 2.60. The summed E-state index contributed by atoms with van der Waals surface area (Å²) in [5.41, 5.74) is 0. The molecule has 3 heterocycles. The summed E-state index contributed by atoms with van der Waals surface area (Å²) in [6.07, 6.45) is 2.94. The van der Waals surface area contributed by atoms with Crippen molar-refractivity contribution >= 4 is 39.1 Å². The Morgan fingerprint density at radius 1 is 1.33 bits per heavy atom. The highest BCUT2D eigenvalue weighted by Crippen LogP contribution is 2.32. The van der Waals surface area contributed by atoms with Crippen molar-refractivity contribution in [3.05, 3.63) is 17.3 Å². The van der Waals surface area contributed by atoms with Crippen molar-refractivity contribution in [3.8, 4) is 0 Å². The molecule has 1 unspecified atom stereocenters. The topological polar surface area (TPSA) is 29.0 Å². The Kier molecular flexibility index (Phi) is 3.43. The molecule has 0 spiro atoms. The van der Waals surface area contributed by atoms with E-state index >= 15 is 0 Å². The quantitative estimate of drug-likeness (QED) is 0.800. The van der Waals surface area contributed by atoms with E-state index in [1.807, 2.05) is 11.8 Å². The molecule has 3 nitrogen and oxygen atoms in total. The molecule has 1 atom stereocenters. The monoisotopic (exact) mass is 279 g/mol. The first kappa shape index (κ1) is 12.2. The lowest BCUT2D eigenvalue weighted by molar-refractivity contribution is 0.640. The Morgan fingerprint density at radius 2 is 2.22 bits per heavy atom. The molecule has 96 valence electrons. The molecule has 0 saturated carbocycles. The van der Waals surface area contributed by atoms with Gasteiger partial charge in [-0.25, -0.2) is 9.97 Å². The van der Waals surface area contributed by atoms with Gasteiger partial charge >= 0.3 is 0 Å². The van der Waals surface area contributed by atoms with Crippen molar-refractivity contribution in [1.29, 1.82) is 0 Å². The number of thiophene rings is 1. The molecule has 1 aliphatic rings. The van der Waals surface area contributed by atoms with Crippen molar-refractivity contribution in [2.75, 3.05) is 23.0 Å². The predicted molar refractivity (Wildman–Crippen MR) is 80.9 cm³/mol. The van der Waals surface area contributed by atoms with Crippen LogP contribution in [0.25, 0.3) is 10.2 Å². The lowest BCUT2D eigenvalue weighted by Gasteiger charge is -2.28. The normalized spacial score (nSPS) is 21.2. The molecule has 0 bridgehead atoms. The number of hydrogen-bond donors (Lipinski definition) is 0. The third kappa shape index (κ3) is 2.21. The van der Waals surface area contributed by atoms with Gasteiger partial charge in [0, 0.05) is 23.2 Å². The van der Waals surface area contributed by atoms with Crippen molar-refractivity contribution in [1.82, 2.24) is 9.97 Å². The molecular formula is C13H17N3S2. The Morgan fingerprint density at radius 3 is 3.11 bits per heavy atom. The van der Waals surface area contributed by atoms with Crippen LogP contribution in [0.5, 0.6) is 0 Å². The minimum Gasteiger partial charge on any atom is -0.352 e. The number of rotatable bonds is 1. The van der Waals surface area contributed by atoms with E-state index in [4.69, 9.17) is 0 Å². The molecule has 0 aromatic carbocycles. The Hall–Kier alpha value is -0.810. The summed E-state index contributed by atoms with van der Waals surface area (Å²) in [7, 11) is 0. The van der Waals surface area contributed by atoms with Crippen LogP contribution in [0.15, 0.2) is 12.4 Å². The third-order valence-corrected chi connectivity index (χ3v) is 5.35. The molecule has 2 aromatic heterocycles. The van der Waals surface area contributed by atoms with Gasteiger partial charge in [0.25, 0.3) is 0 Å². The fourth-order valence-electron chi connectivity index (χ4n) is 2.40. The fraction of sp³-hybridized carbons (Fsp3) is 0.538. The molecule has 0 aliphatic carbocycles. The van der Waals surface area contributed by atoms with E-state index in [9.17, 15) is 0 Å². The summed E-state index contributed by atoms with van der Waals surface area (Å²) < 4.78 is 0. The highest BCUT2D eigenvalue weighted by Gasteiger charge is 2.21. The Labute approximate surface area is 116 Å². The van der Waals surface area contributed by atoms with Gasteiger partial charge in [0.05, 0.1) is 5.39 Å². The van der Waals surface area contributed by atoms with E-state index in [1.54, 1.807) is 17.7 Å². The lowest BCUT2D eigenvalue weighted by Crippen LogP contribution is -2.34. The van der Waals surface area contributed by atoms with Crippen molar-refractivity contribution in [2.45, 2.75) is 26.3 Å². The van der Waals surface area contributed by atoms with E-state index < -0.39 is 0 Å². The molecular weight excluding hydrogens is 262 g/mol. The first-order valence-electron chi connectivity index (χ1n) is 6.31.